The Hall–Kier alpha value is -3.77. The van der Waals surface area contributed by atoms with Gasteiger partial charge in [-0.15, -0.1) is 11.6 Å². The van der Waals surface area contributed by atoms with Gasteiger partial charge in [0.25, 0.3) is 11.8 Å². The van der Waals surface area contributed by atoms with Crippen molar-refractivity contribution in [1.82, 2.24) is 15.3 Å². The average molecular weight is 593 g/mol. The first kappa shape index (κ1) is 28.7. The second-order valence-electron chi connectivity index (χ2n) is 10.1. The number of hydrogen-bond donors (Lipinski definition) is 2. The average Bonchev–Trinajstić information content (AvgIpc) is 3.16. The number of aliphatic hydroxyl groups is 1. The molecule has 2 aliphatic rings. The molecule has 1 fully saturated rings. The predicted octanol–water partition coefficient (Wildman–Crippen LogP) is 4.04. The number of aromatic nitrogens is 2. The number of nitrogens with zero attached hydrogens (tertiary/aromatic N) is 3. The molecule has 0 saturated heterocycles. The Balaban J connectivity index is 1.43. The third-order valence-corrected chi connectivity index (χ3v) is 8.22. The molecule has 1 aliphatic carbocycles. The minimum absolute atomic E-state index is 0.0360. The fourth-order valence-corrected chi connectivity index (χ4v) is 5.97. The maximum absolute atomic E-state index is 14.9. The molecule has 3 aromatic rings. The Bertz CT molecular complexity index is 1470. The molecule has 1 aromatic carbocycles. The van der Waals surface area contributed by atoms with Crippen LogP contribution in [-0.4, -0.2) is 58.4 Å². The topological polar surface area (TPSA) is 105 Å². The van der Waals surface area contributed by atoms with Gasteiger partial charge in [-0.2, -0.15) is 0 Å². The zero-order chi connectivity index (χ0) is 29.5. The summed E-state index contributed by atoms with van der Waals surface area (Å²) in [6.07, 6.45) is 0.529. The van der Waals surface area contributed by atoms with Gasteiger partial charge in [-0.05, 0) is 43.0 Å². The Labute approximate surface area is 237 Å². The molecule has 2 amide bonds. The van der Waals surface area contributed by atoms with Crippen LogP contribution < -0.4 is 15.0 Å². The molecule has 41 heavy (non-hydrogen) atoms. The van der Waals surface area contributed by atoms with Gasteiger partial charge < -0.3 is 20.1 Å². The number of rotatable bonds is 7. The van der Waals surface area contributed by atoms with Crippen molar-refractivity contribution in [3.63, 3.8) is 0 Å². The van der Waals surface area contributed by atoms with Crippen LogP contribution in [0.2, 0.25) is 0 Å². The van der Waals surface area contributed by atoms with Crippen LogP contribution >= 0.6 is 11.6 Å². The highest BCUT2D eigenvalue weighted by Crippen LogP contribution is 2.47. The van der Waals surface area contributed by atoms with E-state index in [-0.39, 0.29) is 42.1 Å². The molecule has 0 radical (unpaired) electrons. The van der Waals surface area contributed by atoms with Crippen molar-refractivity contribution in [2.45, 2.75) is 36.3 Å². The molecule has 5 rings (SSSR count). The van der Waals surface area contributed by atoms with Crippen LogP contribution in [-0.2, 0) is 10.4 Å². The largest absolute Gasteiger partial charge is 0.481 e. The smallest absolute Gasteiger partial charge is 0.268 e. The van der Waals surface area contributed by atoms with Crippen LogP contribution in [0.5, 0.6) is 5.88 Å². The van der Waals surface area contributed by atoms with Gasteiger partial charge in [-0.1, -0.05) is 6.07 Å². The van der Waals surface area contributed by atoms with Crippen molar-refractivity contribution in [3.05, 3.63) is 83.3 Å². The highest BCUT2D eigenvalue weighted by atomic mass is 35.5. The fraction of sp³-hybridized carbons (Fsp3) is 0.357. The van der Waals surface area contributed by atoms with Gasteiger partial charge in [0.15, 0.2) is 5.60 Å². The maximum atomic E-state index is 14.9. The number of halogens is 5. The molecule has 2 N–H and O–H groups in total. The molecule has 5 atom stereocenters. The number of carbonyl (C=O) groups is 2. The van der Waals surface area contributed by atoms with Crippen LogP contribution in [0.25, 0.3) is 0 Å². The molecule has 2 aromatic heterocycles. The van der Waals surface area contributed by atoms with Crippen LogP contribution in [0.3, 0.4) is 0 Å². The summed E-state index contributed by atoms with van der Waals surface area (Å²) in [6, 6.07) is 6.34. The van der Waals surface area contributed by atoms with Gasteiger partial charge in [0, 0.05) is 53.5 Å². The first-order valence-corrected chi connectivity index (χ1v) is 13.2. The third-order valence-electron chi connectivity index (χ3n) is 7.69. The lowest BCUT2D eigenvalue weighted by atomic mass is 9.77. The SMILES string of the molecule is COc1cc([C@@]2(O)C(=O)N(C[C@H]3C[C@@H](C(F)F)[C@H](NC(=O)c4cccnc4)C[C@H]3Cl)c3cc(F)ccc32)c(F)cn1. The lowest BCUT2D eigenvalue weighted by Gasteiger charge is -2.40. The highest BCUT2D eigenvalue weighted by molar-refractivity contribution is 6.21. The number of nitrogens with one attached hydrogen (secondary N) is 1. The normalized spacial score (nSPS) is 25.8. The summed E-state index contributed by atoms with van der Waals surface area (Å²) in [5, 5.41) is 13.5. The minimum Gasteiger partial charge on any atom is -0.481 e. The van der Waals surface area contributed by atoms with E-state index in [9.17, 15) is 32.3 Å². The number of methoxy groups -OCH3 is 1. The molecule has 3 heterocycles. The van der Waals surface area contributed by atoms with Crippen molar-refractivity contribution < 1.29 is 37.0 Å². The highest BCUT2D eigenvalue weighted by Gasteiger charge is 2.54. The molecule has 0 unspecified atom stereocenters. The summed E-state index contributed by atoms with van der Waals surface area (Å²) < 4.78 is 62.8. The van der Waals surface area contributed by atoms with Crippen molar-refractivity contribution in [1.29, 1.82) is 0 Å². The Morgan fingerprint density at radius 2 is 2.00 bits per heavy atom. The summed E-state index contributed by atoms with van der Waals surface area (Å²) in [5.74, 6) is -5.42. The standard InChI is InChI=1S/C28H25ClF4N4O4/c1-41-24-9-19(21(31)12-35-24)28(40)18-5-4-16(30)8-23(18)37(27(28)39)13-15-7-17(25(32)33)22(10-20(15)29)36-26(38)14-3-2-6-34-11-14/h2-6,8-9,11-12,15,17,20,22,25,40H,7,10,13H2,1H3,(H,36,38)/t15-,17-,20-,22-,28-/m1/s1. The van der Waals surface area contributed by atoms with E-state index >= 15 is 0 Å². The fourth-order valence-electron chi connectivity index (χ4n) is 5.59. The van der Waals surface area contributed by atoms with E-state index in [2.05, 4.69) is 15.3 Å². The van der Waals surface area contributed by atoms with Crippen molar-refractivity contribution in [2.75, 3.05) is 18.6 Å². The molecular formula is C28H25ClF4N4O4. The monoisotopic (exact) mass is 592 g/mol. The van der Waals surface area contributed by atoms with E-state index in [1.165, 1.54) is 31.6 Å². The zero-order valence-corrected chi connectivity index (χ0v) is 22.4. The first-order chi connectivity index (χ1) is 19.5. The van der Waals surface area contributed by atoms with Crippen LogP contribution in [0, 0.1) is 23.5 Å². The van der Waals surface area contributed by atoms with E-state index in [4.69, 9.17) is 16.3 Å². The number of amides is 2. The number of benzene rings is 1. The Morgan fingerprint density at radius 1 is 1.22 bits per heavy atom. The van der Waals surface area contributed by atoms with Crippen LogP contribution in [0.4, 0.5) is 23.2 Å². The number of fused-ring (bicyclic) bond motifs is 1. The van der Waals surface area contributed by atoms with Gasteiger partial charge >= 0.3 is 0 Å². The van der Waals surface area contributed by atoms with Gasteiger partial charge in [0.1, 0.15) is 11.6 Å². The molecular weight excluding hydrogens is 568 g/mol. The number of ether oxygens (including phenoxy) is 1. The van der Waals surface area contributed by atoms with E-state index in [1.54, 1.807) is 6.07 Å². The van der Waals surface area contributed by atoms with Gasteiger partial charge in [0.05, 0.1) is 24.6 Å². The minimum atomic E-state index is -2.82. The lowest BCUT2D eigenvalue weighted by Crippen LogP contribution is -2.52. The molecule has 8 nitrogen and oxygen atoms in total. The number of pyridine rings is 2. The van der Waals surface area contributed by atoms with Crippen molar-refractivity contribution in [3.8, 4) is 5.88 Å². The predicted molar refractivity (Wildman–Crippen MR) is 140 cm³/mol. The maximum Gasteiger partial charge on any atom is 0.268 e. The summed E-state index contributed by atoms with van der Waals surface area (Å²) in [6.45, 7) is -0.262. The number of hydrogen-bond acceptors (Lipinski definition) is 6. The quantitative estimate of drug-likeness (QED) is 0.317. The lowest BCUT2D eigenvalue weighted by molar-refractivity contribution is -0.132. The third kappa shape index (κ3) is 5.21. The Kier molecular flexibility index (Phi) is 7.89. The Morgan fingerprint density at radius 3 is 2.68 bits per heavy atom. The van der Waals surface area contributed by atoms with Gasteiger partial charge in [0.2, 0.25) is 12.3 Å². The summed E-state index contributed by atoms with van der Waals surface area (Å²) in [4.78, 5) is 35.1. The number of carbonyl (C=O) groups excluding carboxylic acids is 2. The van der Waals surface area contributed by atoms with Crippen molar-refractivity contribution >= 4 is 29.1 Å². The van der Waals surface area contributed by atoms with E-state index in [1.807, 2.05) is 0 Å². The van der Waals surface area contributed by atoms with Crippen LogP contribution in [0.15, 0.2) is 55.0 Å². The van der Waals surface area contributed by atoms with E-state index in [0.717, 1.165) is 29.3 Å². The molecule has 1 saturated carbocycles. The molecule has 216 valence electrons. The van der Waals surface area contributed by atoms with Gasteiger partial charge in [-0.3, -0.25) is 14.6 Å². The summed E-state index contributed by atoms with van der Waals surface area (Å²) >= 11 is 6.65. The van der Waals surface area contributed by atoms with Gasteiger partial charge in [-0.25, -0.2) is 22.5 Å². The molecule has 0 bridgehead atoms. The first-order valence-electron chi connectivity index (χ1n) is 12.7. The zero-order valence-electron chi connectivity index (χ0n) is 21.6. The summed E-state index contributed by atoms with van der Waals surface area (Å²) in [7, 11) is 1.27. The summed E-state index contributed by atoms with van der Waals surface area (Å²) in [5.41, 5.74) is -2.96. The molecule has 0 spiro atoms. The molecule has 1 aliphatic heterocycles. The number of anilines is 1. The van der Waals surface area contributed by atoms with Crippen LogP contribution in [0.1, 0.15) is 34.3 Å². The second kappa shape index (κ2) is 11.2. The van der Waals surface area contributed by atoms with Crippen molar-refractivity contribution in [2.24, 2.45) is 11.8 Å². The molecule has 13 heteroatoms. The van der Waals surface area contributed by atoms with E-state index in [0.29, 0.717) is 0 Å². The van der Waals surface area contributed by atoms with E-state index < -0.39 is 64.3 Å². The second-order valence-corrected chi connectivity index (χ2v) is 10.6. The number of alkyl halides is 3.